The van der Waals surface area contributed by atoms with Crippen LogP contribution in [-0.2, 0) is 0 Å². The van der Waals surface area contributed by atoms with Crippen LogP contribution >= 0.6 is 0 Å². The number of pyridine rings is 1. The number of anilines is 2. The van der Waals surface area contributed by atoms with Crippen LogP contribution < -0.4 is 20.3 Å². The monoisotopic (exact) mass is 526 g/mol. The van der Waals surface area contributed by atoms with Gasteiger partial charge in [0.2, 0.25) is 0 Å². The van der Waals surface area contributed by atoms with Gasteiger partial charge in [0.25, 0.3) is 5.91 Å². The highest BCUT2D eigenvalue weighted by molar-refractivity contribution is 6.03. The quantitative estimate of drug-likeness (QED) is 0.361. The van der Waals surface area contributed by atoms with Gasteiger partial charge in [-0.15, -0.1) is 0 Å². The van der Waals surface area contributed by atoms with E-state index in [1.807, 2.05) is 49.3 Å². The zero-order valence-electron chi connectivity index (χ0n) is 22.8. The molecule has 3 heterocycles. The lowest BCUT2D eigenvalue weighted by atomic mass is 9.89. The Morgan fingerprint density at radius 2 is 1.77 bits per heavy atom. The van der Waals surface area contributed by atoms with Crippen molar-refractivity contribution in [3.63, 3.8) is 0 Å². The number of piperidine rings is 1. The molecule has 1 fully saturated rings. The van der Waals surface area contributed by atoms with E-state index in [1.165, 1.54) is 5.56 Å². The fraction of sp³-hybridized carbons (Fsp3) is 0.300. The molecule has 2 amide bonds. The van der Waals surface area contributed by atoms with E-state index >= 15 is 0 Å². The molecule has 2 N–H and O–H groups in total. The van der Waals surface area contributed by atoms with Gasteiger partial charge in [0, 0.05) is 50.6 Å². The number of amides is 2. The van der Waals surface area contributed by atoms with Crippen molar-refractivity contribution in [1.82, 2.24) is 19.8 Å². The van der Waals surface area contributed by atoms with Gasteiger partial charge in [-0.05, 0) is 80.9 Å². The summed E-state index contributed by atoms with van der Waals surface area (Å²) >= 11 is 0. The molecule has 9 nitrogen and oxygen atoms in total. The van der Waals surface area contributed by atoms with E-state index < -0.39 is 0 Å². The van der Waals surface area contributed by atoms with E-state index in [9.17, 15) is 9.59 Å². The van der Waals surface area contributed by atoms with E-state index in [2.05, 4.69) is 39.7 Å². The van der Waals surface area contributed by atoms with Crippen LogP contribution in [0.2, 0.25) is 0 Å². The van der Waals surface area contributed by atoms with E-state index in [0.717, 1.165) is 42.5 Å². The van der Waals surface area contributed by atoms with Crippen LogP contribution in [0.3, 0.4) is 0 Å². The molecule has 4 aromatic rings. The number of likely N-dealkylation sites (tertiary alicyclic amines) is 1. The number of carbonyl (C=O) groups is 2. The van der Waals surface area contributed by atoms with Crippen LogP contribution in [0.1, 0.15) is 34.7 Å². The predicted molar refractivity (Wildman–Crippen MR) is 154 cm³/mol. The first-order valence-corrected chi connectivity index (χ1v) is 13.1. The fourth-order valence-corrected chi connectivity index (χ4v) is 4.99. The van der Waals surface area contributed by atoms with Crippen molar-refractivity contribution < 1.29 is 14.3 Å². The maximum absolute atomic E-state index is 12.9. The number of carbonyl (C=O) groups excluding carboxylic acids is 2. The summed E-state index contributed by atoms with van der Waals surface area (Å²) in [4.78, 5) is 33.8. The summed E-state index contributed by atoms with van der Waals surface area (Å²) in [5, 5.41) is 6.40. The zero-order chi connectivity index (χ0) is 27.5. The molecule has 202 valence electrons. The number of aromatic nitrogens is 2. The summed E-state index contributed by atoms with van der Waals surface area (Å²) < 4.78 is 7.81. The topological polar surface area (TPSA) is 91.7 Å². The molecule has 1 saturated heterocycles. The number of benzene rings is 2. The molecule has 0 radical (unpaired) electrons. The molecule has 0 spiro atoms. The van der Waals surface area contributed by atoms with Gasteiger partial charge in [-0.3, -0.25) is 9.36 Å². The molecule has 0 aliphatic carbocycles. The lowest BCUT2D eigenvalue weighted by Gasteiger charge is -2.29. The molecule has 5 rings (SSSR count). The minimum absolute atomic E-state index is 0.214. The third kappa shape index (κ3) is 5.73. The molecule has 0 bridgehead atoms. The van der Waals surface area contributed by atoms with Crippen molar-refractivity contribution in [1.29, 1.82) is 0 Å². The molecule has 1 aliphatic rings. The van der Waals surface area contributed by atoms with Crippen LogP contribution in [-0.4, -0.2) is 67.7 Å². The van der Waals surface area contributed by atoms with Crippen molar-refractivity contribution in [2.24, 2.45) is 0 Å². The predicted octanol–water partition coefficient (Wildman–Crippen LogP) is 5.14. The summed E-state index contributed by atoms with van der Waals surface area (Å²) in [6, 6.07) is 16.8. The average Bonchev–Trinajstić information content (AvgIpc) is 3.35. The van der Waals surface area contributed by atoms with E-state index in [1.54, 1.807) is 36.1 Å². The smallest absolute Gasteiger partial charge is 0.325 e. The van der Waals surface area contributed by atoms with Crippen LogP contribution in [0.4, 0.5) is 16.3 Å². The van der Waals surface area contributed by atoms with Crippen LogP contribution in [0, 0.1) is 0 Å². The molecular formula is C30H34N6O3. The summed E-state index contributed by atoms with van der Waals surface area (Å²) in [5.74, 6) is 1.87. The first-order chi connectivity index (χ1) is 18.8. The van der Waals surface area contributed by atoms with Gasteiger partial charge < -0.3 is 25.2 Å². The minimum atomic E-state index is -0.222. The van der Waals surface area contributed by atoms with Crippen LogP contribution in [0.15, 0.2) is 67.0 Å². The Morgan fingerprint density at radius 1 is 1.03 bits per heavy atom. The van der Waals surface area contributed by atoms with Gasteiger partial charge in [0.05, 0.1) is 11.2 Å². The molecule has 0 saturated carbocycles. The van der Waals surface area contributed by atoms with Crippen molar-refractivity contribution in [2.75, 3.05) is 51.5 Å². The highest BCUT2D eigenvalue weighted by Crippen LogP contribution is 2.36. The van der Waals surface area contributed by atoms with E-state index in [4.69, 9.17) is 4.74 Å². The lowest BCUT2D eigenvalue weighted by Crippen LogP contribution is -2.29. The molecule has 0 atom stereocenters. The number of hydrogen-bond acceptors (Lipinski definition) is 6. The van der Waals surface area contributed by atoms with E-state index in [-0.39, 0.29) is 11.9 Å². The average molecular weight is 527 g/mol. The van der Waals surface area contributed by atoms with Gasteiger partial charge in [-0.2, -0.15) is 0 Å². The third-order valence-electron chi connectivity index (χ3n) is 7.25. The van der Waals surface area contributed by atoms with Gasteiger partial charge in [-0.25, -0.2) is 9.78 Å². The second-order valence-corrected chi connectivity index (χ2v) is 10.1. The fourth-order valence-electron chi connectivity index (χ4n) is 4.99. The summed E-state index contributed by atoms with van der Waals surface area (Å²) in [6.45, 7) is 2.20. The summed E-state index contributed by atoms with van der Waals surface area (Å²) in [7, 11) is 7.59. The lowest BCUT2D eigenvalue weighted by molar-refractivity contribution is 0.102. The normalized spacial score (nSPS) is 14.3. The zero-order valence-corrected chi connectivity index (χ0v) is 22.8. The largest absolute Gasteiger partial charge is 0.455 e. The van der Waals surface area contributed by atoms with Crippen molar-refractivity contribution in [3.05, 3.63) is 78.1 Å². The Balaban J connectivity index is 1.31. The summed E-state index contributed by atoms with van der Waals surface area (Å²) in [5.41, 5.74) is 3.45. The number of hydrogen-bond donors (Lipinski definition) is 2. The van der Waals surface area contributed by atoms with Gasteiger partial charge in [0.15, 0.2) is 5.75 Å². The summed E-state index contributed by atoms with van der Waals surface area (Å²) in [6.07, 6.45) is 5.61. The molecule has 2 aromatic heterocycles. The second-order valence-electron chi connectivity index (χ2n) is 10.1. The maximum atomic E-state index is 12.9. The van der Waals surface area contributed by atoms with Gasteiger partial charge in [0.1, 0.15) is 11.6 Å². The first kappa shape index (κ1) is 26.2. The number of nitrogens with one attached hydrogen (secondary N) is 2. The first-order valence-electron chi connectivity index (χ1n) is 13.1. The standard InChI is InChI=1S/C30H34N6O3/c1-31-30(38)36-16-12-23-17-27(26(34(2)3)19-25(23)36)39-24-9-13-32-28(18-24)33-29(37)22-7-5-20(6-8-22)21-10-14-35(4)15-11-21/h5-9,12-13,16-19,21H,10-11,14-15H2,1-4H3,(H,31,38)(H,32,33,37). The Morgan fingerprint density at radius 3 is 2.46 bits per heavy atom. The molecule has 39 heavy (non-hydrogen) atoms. The second kappa shape index (κ2) is 11.2. The molecular weight excluding hydrogens is 492 g/mol. The van der Waals surface area contributed by atoms with Gasteiger partial charge >= 0.3 is 6.03 Å². The molecule has 9 heteroatoms. The SMILES string of the molecule is CNC(=O)n1ccc2cc(Oc3ccnc(NC(=O)c4ccc(C5CCN(C)CC5)cc4)c3)c(N(C)C)cc21. The molecule has 0 unspecified atom stereocenters. The van der Waals surface area contributed by atoms with Crippen molar-refractivity contribution in [3.8, 4) is 11.5 Å². The number of rotatable bonds is 6. The highest BCUT2D eigenvalue weighted by atomic mass is 16.5. The Labute approximate surface area is 228 Å². The van der Waals surface area contributed by atoms with Gasteiger partial charge in [-0.1, -0.05) is 12.1 Å². The molecule has 1 aliphatic heterocycles. The number of fused-ring (bicyclic) bond motifs is 1. The maximum Gasteiger partial charge on any atom is 0.325 e. The Bertz CT molecular complexity index is 1490. The Kier molecular flexibility index (Phi) is 7.51. The van der Waals surface area contributed by atoms with Crippen molar-refractivity contribution >= 4 is 34.3 Å². The molecule has 2 aromatic carbocycles. The van der Waals surface area contributed by atoms with E-state index in [0.29, 0.717) is 28.8 Å². The highest BCUT2D eigenvalue weighted by Gasteiger charge is 2.19. The number of ether oxygens (including phenoxy) is 1. The van der Waals surface area contributed by atoms with Crippen LogP contribution in [0.25, 0.3) is 10.9 Å². The number of nitrogens with zero attached hydrogens (tertiary/aromatic N) is 4. The van der Waals surface area contributed by atoms with Crippen molar-refractivity contribution in [2.45, 2.75) is 18.8 Å². The minimum Gasteiger partial charge on any atom is -0.455 e. The Hall–Kier alpha value is -4.37. The third-order valence-corrected chi connectivity index (χ3v) is 7.25. The van der Waals surface area contributed by atoms with Crippen LogP contribution in [0.5, 0.6) is 11.5 Å².